The Hall–Kier alpha value is -1.60. The second-order valence-corrected chi connectivity index (χ2v) is 5.94. The minimum atomic E-state index is -0.0908. The standard InChI is InChI=1S/C15H23BrN4O2/c1-10-8-12(16)4-5-13(10)20-14(21)6-7-18-15(17)19-11(2)9-22-3/h4-5,8,11H,6-7,9H2,1-3H3,(H,20,21)(H3,17,18,19). The van der Waals surface area contributed by atoms with Crippen LogP contribution in [0.4, 0.5) is 5.69 Å². The van der Waals surface area contributed by atoms with Crippen molar-refractivity contribution in [2.75, 3.05) is 25.6 Å². The van der Waals surface area contributed by atoms with Gasteiger partial charge >= 0.3 is 0 Å². The predicted molar refractivity (Wildman–Crippen MR) is 93.1 cm³/mol. The number of methoxy groups -OCH3 is 1. The van der Waals surface area contributed by atoms with Crippen LogP contribution in [-0.2, 0) is 9.53 Å². The highest BCUT2D eigenvalue weighted by Crippen LogP contribution is 2.20. The number of nitrogens with two attached hydrogens (primary N) is 1. The molecule has 0 saturated heterocycles. The summed E-state index contributed by atoms with van der Waals surface area (Å²) in [5.74, 6) is 0.226. The normalized spacial score (nSPS) is 12.8. The van der Waals surface area contributed by atoms with Crippen molar-refractivity contribution in [2.45, 2.75) is 26.3 Å². The molecular formula is C15H23BrN4O2. The molecule has 0 aliphatic heterocycles. The summed E-state index contributed by atoms with van der Waals surface area (Å²) in [5, 5.41) is 5.85. The Morgan fingerprint density at radius 2 is 2.23 bits per heavy atom. The lowest BCUT2D eigenvalue weighted by atomic mass is 10.2. The first-order valence-electron chi connectivity index (χ1n) is 7.03. The monoisotopic (exact) mass is 370 g/mol. The van der Waals surface area contributed by atoms with Gasteiger partial charge in [-0.3, -0.25) is 9.79 Å². The lowest BCUT2D eigenvalue weighted by molar-refractivity contribution is -0.116. The maximum atomic E-state index is 11.9. The number of benzene rings is 1. The zero-order valence-corrected chi connectivity index (χ0v) is 14.7. The highest BCUT2D eigenvalue weighted by Gasteiger charge is 2.05. The van der Waals surface area contributed by atoms with Crippen molar-refractivity contribution < 1.29 is 9.53 Å². The summed E-state index contributed by atoms with van der Waals surface area (Å²) in [6.45, 7) is 4.76. The van der Waals surface area contributed by atoms with E-state index in [0.717, 1.165) is 15.7 Å². The Balaban J connectivity index is 2.39. The fourth-order valence-electron chi connectivity index (χ4n) is 1.85. The molecule has 1 aromatic rings. The molecule has 1 aromatic carbocycles. The van der Waals surface area contributed by atoms with Crippen LogP contribution in [0.3, 0.4) is 0 Å². The molecular weight excluding hydrogens is 348 g/mol. The van der Waals surface area contributed by atoms with E-state index in [9.17, 15) is 4.79 Å². The van der Waals surface area contributed by atoms with Crippen molar-refractivity contribution in [3.8, 4) is 0 Å². The molecule has 0 aliphatic rings. The molecule has 4 N–H and O–H groups in total. The van der Waals surface area contributed by atoms with Gasteiger partial charge in [-0.2, -0.15) is 0 Å². The van der Waals surface area contributed by atoms with Gasteiger partial charge in [0.25, 0.3) is 0 Å². The maximum absolute atomic E-state index is 11.9. The molecule has 0 spiro atoms. The minimum Gasteiger partial charge on any atom is -0.383 e. The smallest absolute Gasteiger partial charge is 0.226 e. The zero-order valence-electron chi connectivity index (χ0n) is 13.1. The van der Waals surface area contributed by atoms with Crippen LogP contribution in [0.15, 0.2) is 27.7 Å². The first kappa shape index (κ1) is 18.4. The van der Waals surface area contributed by atoms with E-state index in [2.05, 4.69) is 31.6 Å². The van der Waals surface area contributed by atoms with Crippen LogP contribution in [0.1, 0.15) is 18.9 Å². The van der Waals surface area contributed by atoms with Crippen LogP contribution in [0.5, 0.6) is 0 Å². The lowest BCUT2D eigenvalue weighted by Crippen LogP contribution is -2.40. The molecule has 1 rings (SSSR count). The molecule has 0 bridgehead atoms. The van der Waals surface area contributed by atoms with Crippen molar-refractivity contribution >= 4 is 33.5 Å². The van der Waals surface area contributed by atoms with Gasteiger partial charge in [-0.25, -0.2) is 0 Å². The molecule has 1 atom stereocenters. The Labute approximate surface area is 139 Å². The second kappa shape index (κ2) is 9.42. The molecule has 0 aliphatic carbocycles. The molecule has 0 radical (unpaired) electrons. The van der Waals surface area contributed by atoms with Gasteiger partial charge in [-0.1, -0.05) is 15.9 Å². The topological polar surface area (TPSA) is 88.7 Å². The summed E-state index contributed by atoms with van der Waals surface area (Å²) in [5.41, 5.74) is 7.53. The van der Waals surface area contributed by atoms with Crippen LogP contribution < -0.4 is 16.4 Å². The Bertz CT molecular complexity index is 534. The van der Waals surface area contributed by atoms with Gasteiger partial charge in [0.15, 0.2) is 5.96 Å². The van der Waals surface area contributed by atoms with E-state index >= 15 is 0 Å². The van der Waals surface area contributed by atoms with Crippen LogP contribution in [0, 0.1) is 6.92 Å². The number of aliphatic imine (C=N–C) groups is 1. The molecule has 0 heterocycles. The van der Waals surface area contributed by atoms with E-state index in [1.807, 2.05) is 32.0 Å². The van der Waals surface area contributed by atoms with E-state index in [-0.39, 0.29) is 18.4 Å². The maximum Gasteiger partial charge on any atom is 0.226 e. The van der Waals surface area contributed by atoms with E-state index < -0.39 is 0 Å². The number of hydrogen-bond donors (Lipinski definition) is 3. The number of carbonyl (C=O) groups is 1. The molecule has 1 amide bonds. The van der Waals surface area contributed by atoms with Crippen molar-refractivity contribution in [1.82, 2.24) is 5.32 Å². The fraction of sp³-hybridized carbons (Fsp3) is 0.467. The van der Waals surface area contributed by atoms with Gasteiger partial charge in [-0.05, 0) is 37.6 Å². The van der Waals surface area contributed by atoms with E-state index in [1.54, 1.807) is 7.11 Å². The molecule has 7 heteroatoms. The largest absolute Gasteiger partial charge is 0.383 e. The van der Waals surface area contributed by atoms with Crippen LogP contribution in [0.25, 0.3) is 0 Å². The number of nitrogens with one attached hydrogen (secondary N) is 2. The number of ether oxygens (including phenoxy) is 1. The average Bonchev–Trinajstić information content (AvgIpc) is 2.42. The zero-order chi connectivity index (χ0) is 16.5. The number of aryl methyl sites for hydroxylation is 1. The first-order valence-corrected chi connectivity index (χ1v) is 7.83. The number of halogens is 1. The molecule has 22 heavy (non-hydrogen) atoms. The summed E-state index contributed by atoms with van der Waals surface area (Å²) >= 11 is 3.39. The van der Waals surface area contributed by atoms with Crippen LogP contribution >= 0.6 is 15.9 Å². The van der Waals surface area contributed by atoms with Gasteiger partial charge in [0.2, 0.25) is 5.91 Å². The highest BCUT2D eigenvalue weighted by atomic mass is 79.9. The quantitative estimate of drug-likeness (QED) is 0.506. The predicted octanol–water partition coefficient (Wildman–Crippen LogP) is 2.03. The summed E-state index contributed by atoms with van der Waals surface area (Å²) in [4.78, 5) is 16.0. The van der Waals surface area contributed by atoms with Gasteiger partial charge in [0, 0.05) is 29.7 Å². The minimum absolute atomic E-state index is 0.0768. The van der Waals surface area contributed by atoms with Crippen LogP contribution in [0.2, 0.25) is 0 Å². The number of nitrogens with zero attached hydrogens (tertiary/aromatic N) is 1. The number of hydrogen-bond acceptors (Lipinski definition) is 3. The Kier molecular flexibility index (Phi) is 7.90. The third-order valence-corrected chi connectivity index (χ3v) is 3.39. The molecule has 1 unspecified atom stereocenters. The summed E-state index contributed by atoms with van der Waals surface area (Å²) in [7, 11) is 1.62. The van der Waals surface area contributed by atoms with Gasteiger partial charge < -0.3 is 21.1 Å². The molecule has 122 valence electrons. The van der Waals surface area contributed by atoms with Gasteiger partial charge in [0.1, 0.15) is 0 Å². The number of guanidine groups is 1. The second-order valence-electron chi connectivity index (χ2n) is 5.03. The third kappa shape index (κ3) is 6.91. The van der Waals surface area contributed by atoms with Crippen molar-refractivity contribution in [3.05, 3.63) is 28.2 Å². The van der Waals surface area contributed by atoms with E-state index in [0.29, 0.717) is 19.1 Å². The molecule has 0 saturated carbocycles. The number of carbonyl (C=O) groups excluding carboxylic acids is 1. The van der Waals surface area contributed by atoms with Crippen LogP contribution in [-0.4, -0.2) is 38.2 Å². The Morgan fingerprint density at radius 3 is 2.86 bits per heavy atom. The average molecular weight is 371 g/mol. The third-order valence-electron chi connectivity index (χ3n) is 2.89. The van der Waals surface area contributed by atoms with Crippen molar-refractivity contribution in [2.24, 2.45) is 10.7 Å². The number of amides is 1. The van der Waals surface area contributed by atoms with E-state index in [4.69, 9.17) is 10.5 Å². The fourth-order valence-corrected chi connectivity index (χ4v) is 2.32. The summed E-state index contributed by atoms with van der Waals surface area (Å²) in [6, 6.07) is 5.78. The molecule has 0 aromatic heterocycles. The SMILES string of the molecule is COCC(C)NC(N)=NCCC(=O)Nc1ccc(Br)cc1C. The van der Waals surface area contributed by atoms with Gasteiger partial charge in [0.05, 0.1) is 13.2 Å². The number of anilines is 1. The molecule has 6 nitrogen and oxygen atoms in total. The highest BCUT2D eigenvalue weighted by molar-refractivity contribution is 9.10. The number of rotatable bonds is 7. The summed E-state index contributed by atoms with van der Waals surface area (Å²) in [6.07, 6.45) is 0.274. The molecule has 0 fully saturated rings. The van der Waals surface area contributed by atoms with Gasteiger partial charge in [-0.15, -0.1) is 0 Å². The van der Waals surface area contributed by atoms with E-state index in [1.165, 1.54) is 0 Å². The lowest BCUT2D eigenvalue weighted by Gasteiger charge is -2.13. The Morgan fingerprint density at radius 1 is 1.50 bits per heavy atom. The first-order chi connectivity index (χ1) is 10.4. The summed E-state index contributed by atoms with van der Waals surface area (Å²) < 4.78 is 5.98. The van der Waals surface area contributed by atoms with Crippen molar-refractivity contribution in [1.29, 1.82) is 0 Å². The van der Waals surface area contributed by atoms with Crippen molar-refractivity contribution in [3.63, 3.8) is 0 Å².